The molecule has 0 bridgehead atoms. The van der Waals surface area contributed by atoms with Gasteiger partial charge in [0.05, 0.1) is 0 Å². The van der Waals surface area contributed by atoms with Crippen molar-refractivity contribution < 1.29 is 18.8 Å². The fourth-order valence-electron chi connectivity index (χ4n) is 0.877. The van der Waals surface area contributed by atoms with Gasteiger partial charge >= 0.3 is 7.12 Å². The first-order valence-electron chi connectivity index (χ1n) is 3.34. The molecule has 0 radical (unpaired) electrons. The van der Waals surface area contributed by atoms with E-state index in [4.69, 9.17) is 10.0 Å². The second-order valence-electron chi connectivity index (χ2n) is 2.50. The molecule has 0 atom stereocenters. The Kier molecular flexibility index (Phi) is 2.44. The third-order valence-corrected chi connectivity index (χ3v) is 1.56. The summed E-state index contributed by atoms with van der Waals surface area (Å²) in [6, 6.07) is 1.69. The van der Waals surface area contributed by atoms with Crippen LogP contribution in [0.1, 0.15) is 5.56 Å². The van der Waals surface area contributed by atoms with Crippen LogP contribution in [0, 0.1) is 18.6 Å². The lowest BCUT2D eigenvalue weighted by atomic mass is 9.79. The first-order chi connectivity index (χ1) is 5.52. The lowest BCUT2D eigenvalue weighted by Crippen LogP contribution is -2.33. The maximum Gasteiger partial charge on any atom is 0.491 e. The fourth-order valence-corrected chi connectivity index (χ4v) is 0.877. The van der Waals surface area contributed by atoms with Crippen molar-refractivity contribution in [3.05, 3.63) is 29.3 Å². The SMILES string of the molecule is Cc1cc(B(O)O)c(F)cc1F. The van der Waals surface area contributed by atoms with Crippen molar-refractivity contribution in [1.82, 2.24) is 0 Å². The predicted octanol–water partition coefficient (Wildman–Crippen LogP) is -0.0470. The molecule has 12 heavy (non-hydrogen) atoms. The van der Waals surface area contributed by atoms with Crippen molar-refractivity contribution in [2.24, 2.45) is 0 Å². The Bertz CT molecular complexity index is 302. The van der Waals surface area contributed by atoms with Crippen LogP contribution in [0.3, 0.4) is 0 Å². The molecular formula is C7H7BF2O2. The summed E-state index contributed by atoms with van der Waals surface area (Å²) in [6.07, 6.45) is 0. The molecule has 0 heterocycles. The normalized spacial score (nSPS) is 10.1. The number of rotatable bonds is 1. The summed E-state index contributed by atoms with van der Waals surface area (Å²) in [4.78, 5) is 0. The molecule has 0 unspecified atom stereocenters. The second kappa shape index (κ2) is 3.20. The zero-order valence-corrected chi connectivity index (χ0v) is 6.38. The molecule has 0 saturated heterocycles. The highest BCUT2D eigenvalue weighted by Crippen LogP contribution is 2.06. The molecular weight excluding hydrogens is 165 g/mol. The van der Waals surface area contributed by atoms with E-state index in [1.165, 1.54) is 6.92 Å². The average molecular weight is 172 g/mol. The molecule has 5 heteroatoms. The van der Waals surface area contributed by atoms with Crippen LogP contribution < -0.4 is 5.46 Å². The fraction of sp³-hybridized carbons (Fsp3) is 0.143. The van der Waals surface area contributed by atoms with E-state index in [1.807, 2.05) is 0 Å². The summed E-state index contributed by atoms with van der Waals surface area (Å²) in [7, 11) is -1.90. The molecule has 0 saturated carbocycles. The molecule has 1 aromatic carbocycles. The number of hydrogen-bond donors (Lipinski definition) is 2. The molecule has 0 amide bonds. The maximum atomic E-state index is 12.7. The smallest absolute Gasteiger partial charge is 0.423 e. The van der Waals surface area contributed by atoms with E-state index in [0.717, 1.165) is 6.07 Å². The van der Waals surface area contributed by atoms with Gasteiger partial charge in [-0.15, -0.1) is 0 Å². The van der Waals surface area contributed by atoms with E-state index in [0.29, 0.717) is 6.07 Å². The summed E-state index contributed by atoms with van der Waals surface area (Å²) in [6.45, 7) is 1.42. The van der Waals surface area contributed by atoms with Crippen molar-refractivity contribution in [3.63, 3.8) is 0 Å². The first-order valence-corrected chi connectivity index (χ1v) is 3.34. The Morgan fingerprint density at radius 3 is 2.25 bits per heavy atom. The topological polar surface area (TPSA) is 40.5 Å². The van der Waals surface area contributed by atoms with Crippen molar-refractivity contribution >= 4 is 12.6 Å². The van der Waals surface area contributed by atoms with Gasteiger partial charge in [-0.05, 0) is 12.5 Å². The molecule has 2 nitrogen and oxygen atoms in total. The standard InChI is InChI=1S/C7H7BF2O2/c1-4-2-5(8(11)12)7(10)3-6(4)9/h2-3,11-12H,1H3. The van der Waals surface area contributed by atoms with Gasteiger partial charge in [0.25, 0.3) is 0 Å². The molecule has 2 N–H and O–H groups in total. The molecule has 64 valence electrons. The van der Waals surface area contributed by atoms with E-state index in [1.54, 1.807) is 0 Å². The molecule has 0 fully saturated rings. The Hall–Kier alpha value is -0.935. The van der Waals surface area contributed by atoms with E-state index in [2.05, 4.69) is 0 Å². The summed E-state index contributed by atoms with van der Waals surface area (Å²) >= 11 is 0. The Morgan fingerprint density at radius 2 is 1.75 bits per heavy atom. The molecule has 0 aromatic heterocycles. The van der Waals surface area contributed by atoms with Crippen LogP contribution in [-0.4, -0.2) is 17.2 Å². The van der Waals surface area contributed by atoms with Crippen LogP contribution in [0.5, 0.6) is 0 Å². The van der Waals surface area contributed by atoms with Crippen LogP contribution in [0.4, 0.5) is 8.78 Å². The van der Waals surface area contributed by atoms with E-state index in [9.17, 15) is 8.78 Å². The highest BCUT2D eigenvalue weighted by molar-refractivity contribution is 6.58. The largest absolute Gasteiger partial charge is 0.491 e. The Labute approximate surface area is 68.6 Å². The van der Waals surface area contributed by atoms with Gasteiger partial charge in [-0.25, -0.2) is 8.78 Å². The zero-order chi connectivity index (χ0) is 9.30. The van der Waals surface area contributed by atoms with Crippen LogP contribution in [0.15, 0.2) is 12.1 Å². The van der Waals surface area contributed by atoms with Gasteiger partial charge in [0, 0.05) is 11.5 Å². The maximum absolute atomic E-state index is 12.7. The van der Waals surface area contributed by atoms with Crippen molar-refractivity contribution in [1.29, 1.82) is 0 Å². The number of hydrogen-bond acceptors (Lipinski definition) is 2. The van der Waals surface area contributed by atoms with Crippen molar-refractivity contribution in [2.45, 2.75) is 6.92 Å². The highest BCUT2D eigenvalue weighted by Gasteiger charge is 2.17. The lowest BCUT2D eigenvalue weighted by molar-refractivity contribution is 0.422. The predicted molar refractivity (Wildman–Crippen MR) is 40.9 cm³/mol. The summed E-state index contributed by atoms with van der Waals surface area (Å²) in [5, 5.41) is 17.2. The Balaban J connectivity index is 3.23. The third-order valence-electron chi connectivity index (χ3n) is 1.56. The third kappa shape index (κ3) is 1.62. The van der Waals surface area contributed by atoms with Crippen LogP contribution >= 0.6 is 0 Å². The molecule has 0 aliphatic heterocycles. The first kappa shape index (κ1) is 9.16. The van der Waals surface area contributed by atoms with Gasteiger partial charge in [0.2, 0.25) is 0 Å². The quantitative estimate of drug-likeness (QED) is 0.583. The number of benzene rings is 1. The monoisotopic (exact) mass is 172 g/mol. The molecule has 0 aliphatic carbocycles. The minimum atomic E-state index is -1.90. The summed E-state index contributed by atoms with van der Waals surface area (Å²) in [5.41, 5.74) is -0.131. The number of halogens is 2. The lowest BCUT2D eigenvalue weighted by Gasteiger charge is -2.03. The zero-order valence-electron chi connectivity index (χ0n) is 6.38. The molecule has 1 aromatic rings. The van der Waals surface area contributed by atoms with E-state index in [-0.39, 0.29) is 11.0 Å². The van der Waals surface area contributed by atoms with Gasteiger partial charge in [-0.1, -0.05) is 6.07 Å². The summed E-state index contributed by atoms with van der Waals surface area (Å²) < 4.78 is 25.3. The van der Waals surface area contributed by atoms with Crippen LogP contribution in [0.2, 0.25) is 0 Å². The number of aryl methyl sites for hydroxylation is 1. The van der Waals surface area contributed by atoms with Gasteiger partial charge < -0.3 is 10.0 Å². The summed E-state index contributed by atoms with van der Waals surface area (Å²) in [5.74, 6) is -1.65. The average Bonchev–Trinajstić information content (AvgIpc) is 1.96. The molecule has 0 aliphatic rings. The minimum Gasteiger partial charge on any atom is -0.423 e. The minimum absolute atomic E-state index is 0.180. The molecule has 0 spiro atoms. The highest BCUT2D eigenvalue weighted by atomic mass is 19.1. The van der Waals surface area contributed by atoms with Gasteiger partial charge in [-0.3, -0.25) is 0 Å². The van der Waals surface area contributed by atoms with Crippen molar-refractivity contribution in [3.8, 4) is 0 Å². The van der Waals surface area contributed by atoms with Crippen LogP contribution in [0.25, 0.3) is 0 Å². The van der Waals surface area contributed by atoms with E-state index >= 15 is 0 Å². The van der Waals surface area contributed by atoms with E-state index < -0.39 is 18.8 Å². The Morgan fingerprint density at radius 1 is 1.17 bits per heavy atom. The van der Waals surface area contributed by atoms with Gasteiger partial charge in [0.15, 0.2) is 0 Å². The van der Waals surface area contributed by atoms with Gasteiger partial charge in [-0.2, -0.15) is 0 Å². The van der Waals surface area contributed by atoms with Crippen LogP contribution in [-0.2, 0) is 0 Å². The van der Waals surface area contributed by atoms with Crippen molar-refractivity contribution in [2.75, 3.05) is 0 Å². The molecule has 1 rings (SSSR count). The second-order valence-corrected chi connectivity index (χ2v) is 2.50. The van der Waals surface area contributed by atoms with Gasteiger partial charge in [0.1, 0.15) is 11.6 Å².